The summed E-state index contributed by atoms with van der Waals surface area (Å²) in [5, 5.41) is 2.45. The molecule has 0 atom stereocenters. The fourth-order valence-electron chi connectivity index (χ4n) is 5.19. The van der Waals surface area contributed by atoms with Crippen LogP contribution < -0.4 is 5.73 Å². The first-order valence-corrected chi connectivity index (χ1v) is 12.1. The fraction of sp³-hybridized carbons (Fsp3) is 0.259. The molecule has 1 saturated carbocycles. The summed E-state index contributed by atoms with van der Waals surface area (Å²) in [4.78, 5) is 20.5. The van der Waals surface area contributed by atoms with E-state index in [1.165, 1.54) is 6.33 Å². The minimum Gasteiger partial charge on any atom is -0.383 e. The van der Waals surface area contributed by atoms with Gasteiger partial charge in [-0.15, -0.1) is 0 Å². The number of rotatable bonds is 5. The lowest BCUT2D eigenvalue weighted by atomic mass is 9.80. The maximum Gasteiger partial charge on any atom is 0.146 e. The van der Waals surface area contributed by atoms with Gasteiger partial charge in [0.15, 0.2) is 0 Å². The molecule has 176 valence electrons. The third kappa shape index (κ3) is 3.90. The van der Waals surface area contributed by atoms with Gasteiger partial charge in [0.05, 0.1) is 22.3 Å². The lowest BCUT2D eigenvalue weighted by Crippen LogP contribution is -2.33. The normalized spacial score (nSPS) is 17.8. The second-order valence-electron chi connectivity index (χ2n) is 9.60. The number of aromatic nitrogens is 5. The molecule has 7 nitrogen and oxygen atoms in total. The molecule has 0 radical (unpaired) electrons. The molecule has 6 rings (SSSR count). The summed E-state index contributed by atoms with van der Waals surface area (Å²) in [6, 6.07) is 14.2. The maximum atomic E-state index is 6.83. The zero-order chi connectivity index (χ0) is 24.1. The molecule has 0 unspecified atom stereocenters. The summed E-state index contributed by atoms with van der Waals surface area (Å²) in [6.45, 7) is 1.10. The van der Waals surface area contributed by atoms with Crippen LogP contribution >= 0.6 is 11.6 Å². The van der Waals surface area contributed by atoms with Crippen molar-refractivity contribution in [3.05, 3.63) is 66.2 Å². The van der Waals surface area contributed by atoms with Crippen LogP contribution in [0.5, 0.6) is 0 Å². The van der Waals surface area contributed by atoms with Gasteiger partial charge in [0.1, 0.15) is 17.8 Å². The van der Waals surface area contributed by atoms with E-state index >= 15 is 0 Å². The number of benzene rings is 1. The van der Waals surface area contributed by atoms with Gasteiger partial charge in [0.2, 0.25) is 0 Å². The van der Waals surface area contributed by atoms with Gasteiger partial charge in [0, 0.05) is 46.5 Å². The average molecular weight is 484 g/mol. The van der Waals surface area contributed by atoms with E-state index in [0.717, 1.165) is 63.8 Å². The Morgan fingerprint density at radius 1 is 1.03 bits per heavy atom. The largest absolute Gasteiger partial charge is 0.383 e. The summed E-state index contributed by atoms with van der Waals surface area (Å²) in [5.74, 6) is 1.15. The zero-order valence-electron chi connectivity index (χ0n) is 19.7. The first-order chi connectivity index (χ1) is 17.0. The zero-order valence-corrected chi connectivity index (χ0v) is 20.4. The number of nitrogen functional groups attached to an aromatic ring is 1. The monoisotopic (exact) mass is 483 g/mol. The van der Waals surface area contributed by atoms with Gasteiger partial charge >= 0.3 is 0 Å². The smallest absolute Gasteiger partial charge is 0.146 e. The van der Waals surface area contributed by atoms with Crippen molar-refractivity contribution in [1.29, 1.82) is 0 Å². The Hall–Kier alpha value is -3.55. The fourth-order valence-corrected chi connectivity index (χ4v) is 5.46. The average Bonchev–Trinajstić information content (AvgIpc) is 3.21. The van der Waals surface area contributed by atoms with Crippen LogP contribution in [0.25, 0.3) is 44.5 Å². The van der Waals surface area contributed by atoms with Gasteiger partial charge < -0.3 is 15.2 Å². The highest BCUT2D eigenvalue weighted by atomic mass is 35.5. The SMILES string of the molecule is CN(C)CC1CC(n2cc(-c3cc4nc(-c5ccccn5)ccc4cc3Cl)c3c(N)ncnc32)C1. The van der Waals surface area contributed by atoms with Gasteiger partial charge in [0.25, 0.3) is 0 Å². The molecule has 2 N–H and O–H groups in total. The minimum absolute atomic E-state index is 0.388. The highest BCUT2D eigenvalue weighted by Gasteiger charge is 2.33. The van der Waals surface area contributed by atoms with Crippen molar-refractivity contribution in [3.8, 4) is 22.5 Å². The number of pyridine rings is 2. The summed E-state index contributed by atoms with van der Waals surface area (Å²) < 4.78 is 2.26. The lowest BCUT2D eigenvalue weighted by Gasteiger charge is -2.38. The van der Waals surface area contributed by atoms with Crippen LogP contribution in [0.15, 0.2) is 61.2 Å². The molecule has 0 spiro atoms. The van der Waals surface area contributed by atoms with Gasteiger partial charge in [-0.3, -0.25) is 4.98 Å². The van der Waals surface area contributed by atoms with Crippen LogP contribution in [-0.4, -0.2) is 50.0 Å². The number of nitrogens with zero attached hydrogens (tertiary/aromatic N) is 6. The number of anilines is 1. The molecule has 5 aromatic rings. The summed E-state index contributed by atoms with van der Waals surface area (Å²) in [7, 11) is 4.25. The van der Waals surface area contributed by atoms with Gasteiger partial charge in [-0.05, 0) is 63.2 Å². The van der Waals surface area contributed by atoms with E-state index in [-0.39, 0.29) is 0 Å². The number of nitrogens with two attached hydrogens (primary N) is 1. The molecule has 8 heteroatoms. The third-order valence-corrected chi connectivity index (χ3v) is 7.17. The number of hydrogen-bond acceptors (Lipinski definition) is 6. The molecule has 0 bridgehead atoms. The van der Waals surface area contributed by atoms with E-state index in [4.69, 9.17) is 22.3 Å². The van der Waals surface area contributed by atoms with Crippen molar-refractivity contribution in [2.24, 2.45) is 5.92 Å². The van der Waals surface area contributed by atoms with E-state index in [2.05, 4.69) is 44.7 Å². The van der Waals surface area contributed by atoms with Gasteiger partial charge in [-0.2, -0.15) is 0 Å². The predicted molar refractivity (Wildman–Crippen MR) is 141 cm³/mol. The van der Waals surface area contributed by atoms with Crippen molar-refractivity contribution >= 4 is 39.4 Å². The number of halogens is 1. The molecule has 0 saturated heterocycles. The van der Waals surface area contributed by atoms with Crippen LogP contribution in [0.1, 0.15) is 18.9 Å². The molecule has 0 amide bonds. The highest BCUT2D eigenvalue weighted by molar-refractivity contribution is 6.34. The van der Waals surface area contributed by atoms with Gasteiger partial charge in [-0.25, -0.2) is 15.0 Å². The first-order valence-electron chi connectivity index (χ1n) is 11.8. The van der Waals surface area contributed by atoms with Crippen molar-refractivity contribution in [1.82, 2.24) is 29.4 Å². The number of fused-ring (bicyclic) bond motifs is 2. The van der Waals surface area contributed by atoms with Crippen molar-refractivity contribution in [3.63, 3.8) is 0 Å². The molecule has 1 aliphatic carbocycles. The van der Waals surface area contributed by atoms with E-state index in [1.807, 2.05) is 42.5 Å². The van der Waals surface area contributed by atoms with Crippen LogP contribution in [0.4, 0.5) is 5.82 Å². The Morgan fingerprint density at radius 3 is 2.66 bits per heavy atom. The standard InChI is InChI=1S/C27H26ClN7/c1-34(2)13-16-9-18(10-16)35-14-20(25-26(29)31-15-32-27(25)35)19-12-24-17(11-21(19)28)6-7-23(33-24)22-5-3-4-8-30-22/h3-8,11-12,14-16,18H,9-10,13H2,1-2H3,(H2,29,31,32). The van der Waals surface area contributed by atoms with Crippen molar-refractivity contribution in [2.45, 2.75) is 18.9 Å². The lowest BCUT2D eigenvalue weighted by molar-refractivity contribution is 0.159. The molecule has 4 aromatic heterocycles. The van der Waals surface area contributed by atoms with E-state index in [0.29, 0.717) is 22.8 Å². The molecular formula is C27H26ClN7. The second-order valence-corrected chi connectivity index (χ2v) is 10.0. The molecule has 35 heavy (non-hydrogen) atoms. The second kappa shape index (κ2) is 8.59. The topological polar surface area (TPSA) is 85.8 Å². The van der Waals surface area contributed by atoms with Crippen LogP contribution in [0.2, 0.25) is 5.02 Å². The summed E-state index contributed by atoms with van der Waals surface area (Å²) in [6.07, 6.45) is 7.69. The summed E-state index contributed by atoms with van der Waals surface area (Å²) in [5.41, 5.74) is 11.5. The van der Waals surface area contributed by atoms with E-state index in [1.54, 1.807) is 6.20 Å². The molecular weight excluding hydrogens is 458 g/mol. The number of hydrogen-bond donors (Lipinski definition) is 1. The van der Waals surface area contributed by atoms with Crippen molar-refractivity contribution < 1.29 is 0 Å². The van der Waals surface area contributed by atoms with E-state index < -0.39 is 0 Å². The highest BCUT2D eigenvalue weighted by Crippen LogP contribution is 2.44. The van der Waals surface area contributed by atoms with E-state index in [9.17, 15) is 0 Å². The Balaban J connectivity index is 1.46. The Kier molecular flexibility index (Phi) is 5.39. The summed E-state index contributed by atoms with van der Waals surface area (Å²) >= 11 is 6.83. The molecule has 4 heterocycles. The molecule has 1 aliphatic rings. The molecule has 1 aromatic carbocycles. The predicted octanol–water partition coefficient (Wildman–Crippen LogP) is 5.46. The quantitative estimate of drug-likeness (QED) is 0.357. The first kappa shape index (κ1) is 21.9. The van der Waals surface area contributed by atoms with Crippen LogP contribution in [-0.2, 0) is 0 Å². The molecule has 1 fully saturated rings. The maximum absolute atomic E-state index is 6.83. The molecule has 0 aliphatic heterocycles. The van der Waals surface area contributed by atoms with Crippen LogP contribution in [0, 0.1) is 5.92 Å². The minimum atomic E-state index is 0.388. The van der Waals surface area contributed by atoms with Gasteiger partial charge in [-0.1, -0.05) is 23.7 Å². The van der Waals surface area contributed by atoms with Crippen LogP contribution in [0.3, 0.4) is 0 Å². The van der Waals surface area contributed by atoms with Crippen molar-refractivity contribution in [2.75, 3.05) is 26.4 Å². The third-order valence-electron chi connectivity index (χ3n) is 6.86. The Bertz CT molecular complexity index is 1540. The Morgan fingerprint density at radius 2 is 1.89 bits per heavy atom. The Labute approximate surface area is 208 Å².